The van der Waals surface area contributed by atoms with Crippen molar-refractivity contribution < 1.29 is 4.42 Å². The third-order valence-electron chi connectivity index (χ3n) is 3.49. The predicted octanol–water partition coefficient (Wildman–Crippen LogP) is 3.55. The molecule has 0 saturated heterocycles. The largest absolute Gasteiger partial charge is 0.426 e. The maximum atomic E-state index is 12.5. The van der Waals surface area contributed by atoms with Gasteiger partial charge in [0.05, 0.1) is 11.1 Å². The molecule has 0 spiro atoms. The van der Waals surface area contributed by atoms with E-state index in [0.29, 0.717) is 16.1 Å². The number of benzene rings is 2. The highest BCUT2D eigenvalue weighted by Gasteiger charge is 2.11. The molecular formula is C17H14ClNO3. The van der Waals surface area contributed by atoms with Crippen LogP contribution < -0.4 is 11.3 Å². The highest BCUT2D eigenvalue weighted by molar-refractivity contribution is 6.31. The van der Waals surface area contributed by atoms with E-state index in [4.69, 9.17) is 16.0 Å². The van der Waals surface area contributed by atoms with Gasteiger partial charge in [0.2, 0.25) is 0 Å². The van der Waals surface area contributed by atoms with Crippen LogP contribution in [0.2, 0.25) is 5.02 Å². The Morgan fingerprint density at radius 1 is 1.09 bits per heavy atom. The van der Waals surface area contributed by atoms with E-state index in [-0.39, 0.29) is 5.58 Å². The third-order valence-corrected chi connectivity index (χ3v) is 3.73. The van der Waals surface area contributed by atoms with Crippen LogP contribution in [0.15, 0.2) is 56.5 Å². The standard InChI is InChI=1S/C17H14ClNO3/c1-2-3-11-4-7-13(8-5-11)19-16(20)14-9-6-12(18)10-15(14)22-17(19)21/h4-10H,2-3H2,1H3. The third kappa shape index (κ3) is 2.57. The van der Waals surface area contributed by atoms with Crippen LogP contribution in [-0.4, -0.2) is 4.57 Å². The van der Waals surface area contributed by atoms with Crippen LogP contribution in [0.25, 0.3) is 16.7 Å². The van der Waals surface area contributed by atoms with Gasteiger partial charge in [-0.05, 0) is 36.2 Å². The Morgan fingerprint density at radius 3 is 2.50 bits per heavy atom. The van der Waals surface area contributed by atoms with Gasteiger partial charge in [-0.15, -0.1) is 0 Å². The molecule has 0 aliphatic carbocycles. The molecule has 0 amide bonds. The topological polar surface area (TPSA) is 52.2 Å². The molecule has 0 saturated carbocycles. The normalized spacial score (nSPS) is 11.0. The second-order valence-corrected chi connectivity index (χ2v) is 5.50. The first-order valence-electron chi connectivity index (χ1n) is 7.05. The van der Waals surface area contributed by atoms with E-state index in [1.807, 2.05) is 12.1 Å². The summed E-state index contributed by atoms with van der Waals surface area (Å²) >= 11 is 5.86. The Kier molecular flexibility index (Phi) is 3.86. The van der Waals surface area contributed by atoms with Gasteiger partial charge in [-0.3, -0.25) is 4.79 Å². The van der Waals surface area contributed by atoms with Crippen molar-refractivity contribution in [1.82, 2.24) is 4.57 Å². The van der Waals surface area contributed by atoms with Crippen molar-refractivity contribution >= 4 is 22.6 Å². The molecule has 0 aliphatic heterocycles. The van der Waals surface area contributed by atoms with Gasteiger partial charge < -0.3 is 4.42 Å². The molecule has 4 nitrogen and oxygen atoms in total. The van der Waals surface area contributed by atoms with Crippen molar-refractivity contribution in [2.24, 2.45) is 0 Å². The Labute approximate surface area is 131 Å². The van der Waals surface area contributed by atoms with Crippen LogP contribution in [0.3, 0.4) is 0 Å². The number of aryl methyl sites for hydroxylation is 1. The Bertz CT molecular complexity index is 939. The van der Waals surface area contributed by atoms with Gasteiger partial charge in [-0.2, -0.15) is 0 Å². The number of hydrogen-bond acceptors (Lipinski definition) is 3. The number of rotatable bonds is 3. The summed E-state index contributed by atoms with van der Waals surface area (Å²) in [5.41, 5.74) is 1.44. The lowest BCUT2D eigenvalue weighted by molar-refractivity contribution is 0.504. The minimum Gasteiger partial charge on any atom is -0.409 e. The molecule has 0 fully saturated rings. The number of nitrogens with zero attached hydrogens (tertiary/aromatic N) is 1. The second kappa shape index (κ2) is 5.81. The summed E-state index contributed by atoms with van der Waals surface area (Å²) in [6.07, 6.45) is 2.00. The highest BCUT2D eigenvalue weighted by atomic mass is 35.5. The first kappa shape index (κ1) is 14.6. The van der Waals surface area contributed by atoms with Crippen LogP contribution in [-0.2, 0) is 6.42 Å². The Balaban J connectivity index is 2.20. The first-order valence-corrected chi connectivity index (χ1v) is 7.42. The molecule has 1 heterocycles. The zero-order valence-corrected chi connectivity index (χ0v) is 12.8. The van der Waals surface area contributed by atoms with E-state index in [9.17, 15) is 9.59 Å². The fourth-order valence-electron chi connectivity index (χ4n) is 2.42. The van der Waals surface area contributed by atoms with Crippen LogP contribution in [0.1, 0.15) is 18.9 Å². The van der Waals surface area contributed by atoms with Crippen molar-refractivity contribution in [3.05, 3.63) is 74.0 Å². The monoisotopic (exact) mass is 315 g/mol. The minimum absolute atomic E-state index is 0.196. The average Bonchev–Trinajstić information content (AvgIpc) is 2.49. The molecule has 22 heavy (non-hydrogen) atoms. The van der Waals surface area contributed by atoms with Crippen molar-refractivity contribution in [2.75, 3.05) is 0 Å². The summed E-state index contributed by atoms with van der Waals surface area (Å²) < 4.78 is 6.24. The predicted molar refractivity (Wildman–Crippen MR) is 87.1 cm³/mol. The summed E-state index contributed by atoms with van der Waals surface area (Å²) in [4.78, 5) is 24.7. The molecule has 2 aromatic carbocycles. The van der Waals surface area contributed by atoms with Crippen LogP contribution in [0, 0.1) is 0 Å². The molecule has 0 atom stereocenters. The molecule has 3 aromatic rings. The van der Waals surface area contributed by atoms with E-state index in [1.54, 1.807) is 24.3 Å². The Morgan fingerprint density at radius 2 is 1.82 bits per heavy atom. The lowest BCUT2D eigenvalue weighted by Gasteiger charge is -2.06. The van der Waals surface area contributed by atoms with Gasteiger partial charge in [0.15, 0.2) is 0 Å². The van der Waals surface area contributed by atoms with Gasteiger partial charge >= 0.3 is 5.76 Å². The van der Waals surface area contributed by atoms with E-state index in [0.717, 1.165) is 23.0 Å². The molecule has 1 aromatic heterocycles. The van der Waals surface area contributed by atoms with Crippen LogP contribution in [0.4, 0.5) is 0 Å². The molecule has 0 N–H and O–H groups in total. The van der Waals surface area contributed by atoms with Gasteiger partial charge in [0, 0.05) is 11.1 Å². The van der Waals surface area contributed by atoms with E-state index in [1.165, 1.54) is 6.07 Å². The van der Waals surface area contributed by atoms with E-state index in [2.05, 4.69) is 6.92 Å². The molecule has 112 valence electrons. The van der Waals surface area contributed by atoms with Crippen LogP contribution >= 0.6 is 11.6 Å². The van der Waals surface area contributed by atoms with Gasteiger partial charge in [0.1, 0.15) is 5.58 Å². The average molecular weight is 316 g/mol. The fraction of sp³-hybridized carbons (Fsp3) is 0.176. The lowest BCUT2D eigenvalue weighted by Crippen LogP contribution is -2.30. The highest BCUT2D eigenvalue weighted by Crippen LogP contribution is 2.16. The minimum atomic E-state index is -0.719. The van der Waals surface area contributed by atoms with Crippen molar-refractivity contribution in [1.29, 1.82) is 0 Å². The number of aromatic nitrogens is 1. The van der Waals surface area contributed by atoms with Crippen molar-refractivity contribution in [3.8, 4) is 5.69 Å². The molecule has 0 radical (unpaired) electrons. The summed E-state index contributed by atoms with van der Waals surface area (Å²) in [6.45, 7) is 2.10. The van der Waals surface area contributed by atoms with E-state index >= 15 is 0 Å². The smallest absolute Gasteiger partial charge is 0.409 e. The molecule has 5 heteroatoms. The molecule has 0 unspecified atom stereocenters. The Hall–Kier alpha value is -2.33. The summed E-state index contributed by atoms with van der Waals surface area (Å²) in [6, 6.07) is 12.0. The van der Waals surface area contributed by atoms with Gasteiger partial charge in [0.25, 0.3) is 5.56 Å². The molecule has 0 aliphatic rings. The number of hydrogen-bond donors (Lipinski definition) is 0. The van der Waals surface area contributed by atoms with Gasteiger partial charge in [-0.25, -0.2) is 9.36 Å². The fourth-order valence-corrected chi connectivity index (χ4v) is 2.59. The zero-order chi connectivity index (χ0) is 15.7. The van der Waals surface area contributed by atoms with E-state index < -0.39 is 11.3 Å². The van der Waals surface area contributed by atoms with Crippen molar-refractivity contribution in [2.45, 2.75) is 19.8 Å². The quantitative estimate of drug-likeness (QED) is 0.742. The summed E-state index contributed by atoms with van der Waals surface area (Å²) in [5.74, 6) is -0.719. The zero-order valence-electron chi connectivity index (χ0n) is 12.0. The lowest BCUT2D eigenvalue weighted by atomic mass is 10.1. The van der Waals surface area contributed by atoms with Crippen molar-refractivity contribution in [3.63, 3.8) is 0 Å². The molecular weight excluding hydrogens is 302 g/mol. The summed E-state index contributed by atoms with van der Waals surface area (Å²) in [7, 11) is 0. The van der Waals surface area contributed by atoms with Gasteiger partial charge in [-0.1, -0.05) is 37.1 Å². The SMILES string of the molecule is CCCc1ccc(-n2c(=O)oc3cc(Cl)ccc3c2=O)cc1. The maximum Gasteiger partial charge on any atom is 0.426 e. The summed E-state index contributed by atoms with van der Waals surface area (Å²) in [5, 5.41) is 0.735. The number of fused-ring (bicyclic) bond motifs is 1. The molecule has 3 rings (SSSR count). The first-order chi connectivity index (χ1) is 10.6. The molecule has 0 bridgehead atoms. The maximum absolute atomic E-state index is 12.5. The number of halogens is 1. The second-order valence-electron chi connectivity index (χ2n) is 5.07. The van der Waals surface area contributed by atoms with Crippen LogP contribution in [0.5, 0.6) is 0 Å².